The highest BCUT2D eigenvalue weighted by Crippen LogP contribution is 2.47. The Morgan fingerprint density at radius 1 is 1.44 bits per heavy atom. The van der Waals surface area contributed by atoms with Crippen LogP contribution >= 0.6 is 11.8 Å². The van der Waals surface area contributed by atoms with E-state index >= 15 is 0 Å². The minimum Gasteiger partial charge on any atom is -0.477 e. The number of carbonyl (C=O) groups excluding carboxylic acids is 1. The molecule has 2 fully saturated rings. The number of carbonyl (C=O) groups is 2. The van der Waals surface area contributed by atoms with Crippen molar-refractivity contribution in [3.8, 4) is 0 Å². The van der Waals surface area contributed by atoms with E-state index in [-0.39, 0.29) is 17.6 Å². The Hall–Kier alpha value is -2.07. The summed E-state index contributed by atoms with van der Waals surface area (Å²) in [5, 5.41) is 31.5. The van der Waals surface area contributed by atoms with Crippen molar-refractivity contribution in [1.82, 2.24) is 9.80 Å². The van der Waals surface area contributed by atoms with Crippen LogP contribution in [0.1, 0.15) is 26.2 Å². The van der Waals surface area contributed by atoms with Crippen LogP contribution in [-0.2, 0) is 14.4 Å². The van der Waals surface area contributed by atoms with Crippen LogP contribution in [-0.4, -0.2) is 81.5 Å². The maximum Gasteiger partial charge on any atom is 0.353 e. The van der Waals surface area contributed by atoms with E-state index in [0.717, 1.165) is 18.6 Å². The van der Waals surface area contributed by atoms with E-state index in [4.69, 9.17) is 10.2 Å². The number of amidine groups is 1. The molecule has 0 saturated carbocycles. The van der Waals surface area contributed by atoms with Crippen molar-refractivity contribution >= 4 is 35.2 Å². The summed E-state index contributed by atoms with van der Waals surface area (Å²) in [6, 6.07) is -0.289. The smallest absolute Gasteiger partial charge is 0.353 e. The van der Waals surface area contributed by atoms with Gasteiger partial charge in [-0.3, -0.25) is 10.2 Å². The molecule has 3 N–H and O–H groups in total. The Morgan fingerprint density at radius 2 is 2.11 bits per heavy atom. The Morgan fingerprint density at radius 3 is 2.67 bits per heavy atom. The van der Waals surface area contributed by atoms with E-state index in [1.807, 2.05) is 4.90 Å². The van der Waals surface area contributed by atoms with Crippen LogP contribution in [0.15, 0.2) is 15.8 Å². The van der Waals surface area contributed by atoms with Crippen molar-refractivity contribution in [1.29, 1.82) is 5.41 Å². The summed E-state index contributed by atoms with van der Waals surface area (Å²) in [5.41, 5.74) is 0.987. The van der Waals surface area contributed by atoms with Crippen LogP contribution in [0, 0.1) is 11.3 Å². The molecule has 3 rings (SSSR count). The molecule has 27 heavy (non-hydrogen) atoms. The number of nitrogens with one attached hydrogen (secondary N) is 1. The highest BCUT2D eigenvalue weighted by molar-refractivity contribution is 8.03. The fraction of sp³-hybridized carbons (Fsp3) is 0.647. The molecule has 1 amide bonds. The Bertz CT molecular complexity index is 710. The van der Waals surface area contributed by atoms with E-state index in [9.17, 15) is 19.8 Å². The Labute approximate surface area is 161 Å². The number of thioether (sulfide) groups is 1. The summed E-state index contributed by atoms with van der Waals surface area (Å²) in [6.07, 6.45) is 1.10. The molecule has 0 unspecified atom stereocenters. The second-order valence-electron chi connectivity index (χ2n) is 6.89. The van der Waals surface area contributed by atoms with Gasteiger partial charge in [0.25, 0.3) is 0 Å². The molecule has 2 saturated heterocycles. The fourth-order valence-corrected chi connectivity index (χ4v) is 4.97. The van der Waals surface area contributed by atoms with Crippen LogP contribution in [0.2, 0.25) is 0 Å². The van der Waals surface area contributed by atoms with Gasteiger partial charge in [-0.15, -0.1) is 11.8 Å². The molecule has 3 atom stereocenters. The lowest BCUT2D eigenvalue weighted by molar-refractivity contribution is -0.161. The summed E-state index contributed by atoms with van der Waals surface area (Å²) in [7, 11) is 1.52. The van der Waals surface area contributed by atoms with Gasteiger partial charge < -0.3 is 24.9 Å². The molecule has 3 heterocycles. The number of carboxylic acid groups (broad SMARTS) is 1. The van der Waals surface area contributed by atoms with Gasteiger partial charge >= 0.3 is 5.97 Å². The largest absolute Gasteiger partial charge is 0.477 e. The number of likely N-dealkylation sites (tertiary alicyclic amines) is 1. The van der Waals surface area contributed by atoms with Crippen LogP contribution in [0.5, 0.6) is 0 Å². The summed E-state index contributed by atoms with van der Waals surface area (Å²) in [5.74, 6) is -1.24. The number of rotatable bonds is 6. The number of piperidine rings is 1. The third-order valence-corrected chi connectivity index (χ3v) is 6.34. The van der Waals surface area contributed by atoms with Gasteiger partial charge in [-0.1, -0.05) is 5.16 Å². The van der Waals surface area contributed by atoms with Gasteiger partial charge in [0.1, 0.15) is 18.6 Å². The molecule has 0 aliphatic carbocycles. The summed E-state index contributed by atoms with van der Waals surface area (Å²) < 4.78 is 0. The standard InChI is InChI=1S/C17H24N4O5S/c1-9(22)14-11-7-12(15(17(24)25)21(11)16(14)23)27-8-13(18)20-5-3-10(4-6-20)19-26-2/h9,11,14,18,22H,3-8H2,1-2H3,(H,24,25)/t9-,11-,14-/m1/s1. The van der Waals surface area contributed by atoms with Crippen LogP contribution < -0.4 is 0 Å². The number of aliphatic hydroxyl groups is 1. The van der Waals surface area contributed by atoms with Gasteiger partial charge in [0, 0.05) is 37.3 Å². The summed E-state index contributed by atoms with van der Waals surface area (Å²) in [4.78, 5) is 32.5. The number of nitrogens with zero attached hydrogens (tertiary/aromatic N) is 3. The molecule has 0 aromatic carbocycles. The number of oxime groups is 1. The van der Waals surface area contributed by atoms with Gasteiger partial charge in [-0.05, 0) is 6.92 Å². The molecule has 0 aromatic heterocycles. The number of aliphatic carboxylic acids is 1. The van der Waals surface area contributed by atoms with Crippen molar-refractivity contribution in [3.05, 3.63) is 10.6 Å². The maximum atomic E-state index is 12.2. The molecular formula is C17H24N4O5S. The Balaban J connectivity index is 1.61. The van der Waals surface area contributed by atoms with Crippen molar-refractivity contribution in [2.45, 2.75) is 38.3 Å². The lowest BCUT2D eigenvalue weighted by Gasteiger charge is -2.44. The average Bonchev–Trinajstić information content (AvgIpc) is 2.94. The molecule has 0 spiro atoms. The van der Waals surface area contributed by atoms with E-state index in [1.165, 1.54) is 23.8 Å². The molecule has 10 heteroatoms. The minimum absolute atomic E-state index is 0.00728. The number of hydrogen-bond donors (Lipinski definition) is 3. The molecule has 9 nitrogen and oxygen atoms in total. The first-order valence-electron chi connectivity index (χ1n) is 8.86. The van der Waals surface area contributed by atoms with Crippen molar-refractivity contribution < 1.29 is 24.6 Å². The Kier molecular flexibility index (Phi) is 5.75. The lowest BCUT2D eigenvalue weighted by atomic mass is 9.83. The lowest BCUT2D eigenvalue weighted by Crippen LogP contribution is -2.61. The van der Waals surface area contributed by atoms with E-state index in [2.05, 4.69) is 5.16 Å². The number of fused-ring (bicyclic) bond motifs is 1. The average molecular weight is 396 g/mol. The third kappa shape index (κ3) is 3.68. The zero-order valence-electron chi connectivity index (χ0n) is 15.3. The first-order chi connectivity index (χ1) is 12.8. The van der Waals surface area contributed by atoms with Crippen molar-refractivity contribution in [2.24, 2.45) is 11.1 Å². The molecular weight excluding hydrogens is 372 g/mol. The quantitative estimate of drug-likeness (QED) is 0.261. The van der Waals surface area contributed by atoms with Crippen LogP contribution in [0.4, 0.5) is 0 Å². The second kappa shape index (κ2) is 7.89. The normalized spacial score (nSPS) is 25.9. The van der Waals surface area contributed by atoms with Gasteiger partial charge in [0.2, 0.25) is 5.91 Å². The number of aliphatic hydroxyl groups excluding tert-OH is 1. The SMILES string of the molecule is CON=C1CCN(C(=N)CSC2=C(C(=O)O)N3C(=O)[C@H]([C@@H](C)O)[C@H]3C2)CC1. The van der Waals surface area contributed by atoms with Crippen molar-refractivity contribution in [2.75, 3.05) is 26.0 Å². The number of hydrogen-bond acceptors (Lipinski definition) is 7. The molecule has 0 aromatic rings. The number of β-lactam (4-membered cyclic amide) rings is 1. The van der Waals surface area contributed by atoms with Crippen LogP contribution in [0.25, 0.3) is 0 Å². The first kappa shape index (κ1) is 19.7. The molecule has 3 aliphatic heterocycles. The van der Waals surface area contributed by atoms with Crippen molar-refractivity contribution in [3.63, 3.8) is 0 Å². The molecule has 0 bridgehead atoms. The van der Waals surface area contributed by atoms with Gasteiger partial charge in [-0.2, -0.15) is 0 Å². The zero-order chi connectivity index (χ0) is 19.7. The predicted octanol–water partition coefficient (Wildman–Crippen LogP) is 0.703. The van der Waals surface area contributed by atoms with Gasteiger partial charge in [0.15, 0.2) is 0 Å². The summed E-state index contributed by atoms with van der Waals surface area (Å²) >= 11 is 1.30. The zero-order valence-corrected chi connectivity index (χ0v) is 16.2. The topological polar surface area (TPSA) is 127 Å². The molecule has 3 aliphatic rings. The number of amides is 1. The first-order valence-corrected chi connectivity index (χ1v) is 9.85. The maximum absolute atomic E-state index is 12.2. The van der Waals surface area contributed by atoms with Gasteiger partial charge in [0.05, 0.1) is 29.5 Å². The third-order valence-electron chi connectivity index (χ3n) is 5.22. The molecule has 0 radical (unpaired) electrons. The van der Waals surface area contributed by atoms with Gasteiger partial charge in [-0.25, -0.2) is 4.79 Å². The minimum atomic E-state index is -1.14. The van der Waals surface area contributed by atoms with Crippen LogP contribution in [0.3, 0.4) is 0 Å². The predicted molar refractivity (Wildman–Crippen MR) is 101 cm³/mol. The second-order valence-corrected chi connectivity index (χ2v) is 7.96. The highest BCUT2D eigenvalue weighted by Gasteiger charge is 2.56. The number of carboxylic acids is 1. The van der Waals surface area contributed by atoms with E-state index < -0.39 is 18.0 Å². The monoisotopic (exact) mass is 396 g/mol. The molecule has 148 valence electrons. The highest BCUT2D eigenvalue weighted by atomic mass is 32.2. The van der Waals surface area contributed by atoms with E-state index in [1.54, 1.807) is 6.92 Å². The van der Waals surface area contributed by atoms with E-state index in [0.29, 0.717) is 36.0 Å². The summed E-state index contributed by atoms with van der Waals surface area (Å²) in [6.45, 7) is 2.92. The fourth-order valence-electron chi connectivity index (χ4n) is 3.86.